The van der Waals surface area contributed by atoms with E-state index in [4.69, 9.17) is 4.74 Å². The van der Waals surface area contributed by atoms with E-state index in [1.165, 1.54) is 0 Å². The van der Waals surface area contributed by atoms with Crippen LogP contribution in [0.4, 0.5) is 0 Å². The number of nitrogens with one attached hydrogen (secondary N) is 1. The van der Waals surface area contributed by atoms with Gasteiger partial charge >= 0.3 is 0 Å². The lowest BCUT2D eigenvalue weighted by Crippen LogP contribution is -2.49. The largest absolute Gasteiger partial charge is 0.496 e. The third-order valence-electron chi connectivity index (χ3n) is 3.25. The fraction of sp³-hybridized carbons (Fsp3) is 0.467. The van der Waals surface area contributed by atoms with Gasteiger partial charge < -0.3 is 10.1 Å². The molecule has 1 aliphatic rings. The Morgan fingerprint density at radius 2 is 2.21 bits per heavy atom. The highest BCUT2D eigenvalue weighted by Crippen LogP contribution is 2.18. The molecule has 0 radical (unpaired) electrons. The molecule has 0 aliphatic carbocycles. The summed E-state index contributed by atoms with van der Waals surface area (Å²) in [5, 5.41) is 3.45. The van der Waals surface area contributed by atoms with Crippen molar-refractivity contribution in [2.45, 2.75) is 13.0 Å². The van der Waals surface area contributed by atoms with Crippen LogP contribution in [0, 0.1) is 0 Å². The Morgan fingerprint density at radius 1 is 1.42 bits per heavy atom. The molecule has 0 bridgehead atoms. The van der Waals surface area contributed by atoms with Crippen LogP contribution in [0.15, 0.2) is 30.3 Å². The molecule has 0 aromatic heterocycles. The minimum atomic E-state index is 0. The van der Waals surface area contributed by atoms with Gasteiger partial charge in [0.2, 0.25) is 0 Å². The summed E-state index contributed by atoms with van der Waals surface area (Å²) in [5.41, 5.74) is 1.14. The Labute approximate surface area is 122 Å². The van der Waals surface area contributed by atoms with Crippen LogP contribution < -0.4 is 10.1 Å². The number of nitrogens with zero attached hydrogens (tertiary/aromatic N) is 1. The smallest absolute Gasteiger partial charge is 0.126 e. The van der Waals surface area contributed by atoms with E-state index in [2.05, 4.69) is 35.4 Å². The number of para-hydroxylation sites is 1. The predicted molar refractivity (Wildman–Crippen MR) is 83.2 cm³/mol. The summed E-state index contributed by atoms with van der Waals surface area (Å²) in [4.78, 5) is 2.47. The Bertz CT molecular complexity index is 409. The quantitative estimate of drug-likeness (QED) is 0.918. The van der Waals surface area contributed by atoms with Gasteiger partial charge in [-0.3, -0.25) is 4.90 Å². The number of methoxy groups -OCH3 is 1. The number of benzene rings is 1. The Hall–Kier alpha value is -1.03. The summed E-state index contributed by atoms with van der Waals surface area (Å²) in [6.45, 7) is 6.57. The number of ether oxygens (including phenoxy) is 1. The normalized spacial score (nSPS) is 20.2. The zero-order valence-electron chi connectivity index (χ0n) is 11.6. The Morgan fingerprint density at radius 3 is 2.95 bits per heavy atom. The maximum Gasteiger partial charge on any atom is 0.126 e. The number of rotatable bonds is 4. The third kappa shape index (κ3) is 4.86. The van der Waals surface area contributed by atoms with Gasteiger partial charge in [-0.25, -0.2) is 0 Å². The molecule has 1 aromatic carbocycles. The molecule has 1 atom stereocenters. The minimum Gasteiger partial charge on any atom is -0.496 e. The van der Waals surface area contributed by atoms with Crippen molar-refractivity contribution >= 4 is 18.5 Å². The van der Waals surface area contributed by atoms with Gasteiger partial charge in [0.15, 0.2) is 0 Å². The van der Waals surface area contributed by atoms with E-state index in [9.17, 15) is 0 Å². The van der Waals surface area contributed by atoms with Crippen molar-refractivity contribution in [2.75, 3.05) is 33.3 Å². The summed E-state index contributed by atoms with van der Waals surface area (Å²) >= 11 is 0. The van der Waals surface area contributed by atoms with Crippen molar-refractivity contribution in [3.63, 3.8) is 0 Å². The molecule has 1 fully saturated rings. The van der Waals surface area contributed by atoms with Gasteiger partial charge in [0.05, 0.1) is 7.11 Å². The van der Waals surface area contributed by atoms with Crippen molar-refractivity contribution in [3.8, 4) is 5.75 Å². The van der Waals surface area contributed by atoms with E-state index in [-0.39, 0.29) is 12.4 Å². The molecular weight excluding hydrogens is 260 g/mol. The maximum absolute atomic E-state index is 5.33. The molecule has 1 saturated heterocycles. The van der Waals surface area contributed by atoms with E-state index in [0.717, 1.165) is 37.5 Å². The van der Waals surface area contributed by atoms with Gasteiger partial charge in [0, 0.05) is 37.8 Å². The molecule has 1 aliphatic heterocycles. The topological polar surface area (TPSA) is 24.5 Å². The first-order chi connectivity index (χ1) is 8.79. The molecular formula is C15H23ClN2O. The average Bonchev–Trinajstić information content (AvgIpc) is 2.39. The lowest BCUT2D eigenvalue weighted by atomic mass is 10.2. The first-order valence-corrected chi connectivity index (χ1v) is 6.55. The highest BCUT2D eigenvalue weighted by atomic mass is 35.5. The zero-order valence-corrected chi connectivity index (χ0v) is 12.5. The molecule has 19 heavy (non-hydrogen) atoms. The van der Waals surface area contributed by atoms with Gasteiger partial charge in [-0.15, -0.1) is 12.4 Å². The second-order valence-electron chi connectivity index (χ2n) is 4.76. The first kappa shape index (κ1) is 16.0. The molecule has 0 spiro atoms. The zero-order chi connectivity index (χ0) is 12.8. The molecule has 1 N–H and O–H groups in total. The maximum atomic E-state index is 5.33. The highest BCUT2D eigenvalue weighted by molar-refractivity contribution is 5.85. The van der Waals surface area contributed by atoms with Gasteiger partial charge in [0.25, 0.3) is 0 Å². The molecule has 4 heteroatoms. The van der Waals surface area contributed by atoms with Crippen molar-refractivity contribution in [2.24, 2.45) is 0 Å². The van der Waals surface area contributed by atoms with E-state index in [1.807, 2.05) is 18.2 Å². The monoisotopic (exact) mass is 282 g/mol. The summed E-state index contributed by atoms with van der Waals surface area (Å²) in [5.74, 6) is 0.933. The van der Waals surface area contributed by atoms with Crippen LogP contribution in [0.5, 0.6) is 5.75 Å². The van der Waals surface area contributed by atoms with Crippen LogP contribution in [-0.4, -0.2) is 44.2 Å². The standard InChI is InChI=1S/C15H22N2O.ClH/c1-13-12-17(11-9-16-13)10-5-7-14-6-3-4-8-15(14)18-2;/h3-8,13,16H,9-12H2,1-2H3;1H/b7-5+;/t13-;/m1./s1. The van der Waals surface area contributed by atoms with E-state index >= 15 is 0 Å². The van der Waals surface area contributed by atoms with Crippen molar-refractivity contribution in [1.82, 2.24) is 10.2 Å². The number of hydrogen-bond donors (Lipinski definition) is 1. The fourth-order valence-electron chi connectivity index (χ4n) is 2.31. The fourth-order valence-corrected chi connectivity index (χ4v) is 2.31. The molecule has 0 saturated carbocycles. The first-order valence-electron chi connectivity index (χ1n) is 6.55. The molecule has 1 aromatic rings. The number of halogens is 1. The van der Waals surface area contributed by atoms with Crippen LogP contribution >= 0.6 is 12.4 Å². The average molecular weight is 283 g/mol. The molecule has 106 valence electrons. The molecule has 0 unspecified atom stereocenters. The van der Waals surface area contributed by atoms with E-state index in [0.29, 0.717) is 6.04 Å². The summed E-state index contributed by atoms with van der Waals surface area (Å²) in [6, 6.07) is 8.70. The van der Waals surface area contributed by atoms with Crippen molar-refractivity contribution in [1.29, 1.82) is 0 Å². The van der Waals surface area contributed by atoms with E-state index in [1.54, 1.807) is 7.11 Å². The van der Waals surface area contributed by atoms with Crippen LogP contribution in [0.2, 0.25) is 0 Å². The van der Waals surface area contributed by atoms with Gasteiger partial charge in [-0.05, 0) is 13.0 Å². The minimum absolute atomic E-state index is 0. The summed E-state index contributed by atoms with van der Waals surface area (Å²) < 4.78 is 5.33. The van der Waals surface area contributed by atoms with Crippen LogP contribution in [0.3, 0.4) is 0 Å². The Kier molecular flexibility index (Phi) is 6.92. The molecule has 0 amide bonds. The Balaban J connectivity index is 0.00000180. The van der Waals surface area contributed by atoms with Crippen LogP contribution in [-0.2, 0) is 0 Å². The molecule has 3 nitrogen and oxygen atoms in total. The summed E-state index contributed by atoms with van der Waals surface area (Å²) in [7, 11) is 1.71. The van der Waals surface area contributed by atoms with Gasteiger partial charge in [0.1, 0.15) is 5.75 Å². The molecule has 2 rings (SSSR count). The highest BCUT2D eigenvalue weighted by Gasteiger charge is 2.13. The lowest BCUT2D eigenvalue weighted by molar-refractivity contribution is 0.227. The summed E-state index contributed by atoms with van der Waals surface area (Å²) in [6.07, 6.45) is 4.36. The number of piperazine rings is 1. The predicted octanol–water partition coefficient (Wildman–Crippen LogP) is 2.42. The van der Waals surface area contributed by atoms with Crippen LogP contribution in [0.1, 0.15) is 12.5 Å². The van der Waals surface area contributed by atoms with Crippen molar-refractivity contribution < 1.29 is 4.74 Å². The molecule has 1 heterocycles. The second kappa shape index (κ2) is 8.20. The SMILES string of the molecule is COc1ccccc1/C=C/CN1CCN[C@H](C)C1.Cl. The van der Waals surface area contributed by atoms with E-state index < -0.39 is 0 Å². The van der Waals surface area contributed by atoms with Gasteiger partial charge in [-0.2, -0.15) is 0 Å². The van der Waals surface area contributed by atoms with Gasteiger partial charge in [-0.1, -0.05) is 30.4 Å². The number of hydrogen-bond acceptors (Lipinski definition) is 3. The second-order valence-corrected chi connectivity index (χ2v) is 4.76. The lowest BCUT2D eigenvalue weighted by Gasteiger charge is -2.30. The van der Waals surface area contributed by atoms with Crippen LogP contribution in [0.25, 0.3) is 6.08 Å². The van der Waals surface area contributed by atoms with Crippen molar-refractivity contribution in [3.05, 3.63) is 35.9 Å². The third-order valence-corrected chi connectivity index (χ3v) is 3.25.